The molecule has 0 atom stereocenters. The van der Waals surface area contributed by atoms with Crippen molar-refractivity contribution >= 4 is 5.91 Å². The lowest BCUT2D eigenvalue weighted by molar-refractivity contribution is -0.121. The molecule has 0 spiro atoms. The van der Waals surface area contributed by atoms with Crippen molar-refractivity contribution in [2.75, 3.05) is 19.6 Å². The lowest BCUT2D eigenvalue weighted by Crippen LogP contribution is -2.24. The van der Waals surface area contributed by atoms with Gasteiger partial charge in [0.2, 0.25) is 5.91 Å². The smallest absolute Gasteiger partial charge is 0.219 e. The number of carbonyl (C=O) groups excluding carboxylic acids is 1. The van der Waals surface area contributed by atoms with Crippen LogP contribution in [-0.4, -0.2) is 25.5 Å². The van der Waals surface area contributed by atoms with Gasteiger partial charge in [0.15, 0.2) is 0 Å². The number of rotatable bonds is 12. The largest absolute Gasteiger partial charge is 0.356 e. The summed E-state index contributed by atoms with van der Waals surface area (Å²) in [6, 6.07) is 0. The van der Waals surface area contributed by atoms with Crippen molar-refractivity contribution in [2.24, 2.45) is 0 Å². The van der Waals surface area contributed by atoms with Gasteiger partial charge in [-0.15, -0.1) is 6.58 Å². The summed E-state index contributed by atoms with van der Waals surface area (Å²) in [5.41, 5.74) is 0. The Morgan fingerprint density at radius 2 is 1.88 bits per heavy atom. The maximum Gasteiger partial charge on any atom is 0.219 e. The van der Waals surface area contributed by atoms with E-state index in [1.807, 2.05) is 6.08 Å². The van der Waals surface area contributed by atoms with Crippen LogP contribution < -0.4 is 10.6 Å². The van der Waals surface area contributed by atoms with E-state index in [2.05, 4.69) is 24.1 Å². The van der Waals surface area contributed by atoms with Crippen molar-refractivity contribution in [3.05, 3.63) is 12.7 Å². The highest BCUT2D eigenvalue weighted by Crippen LogP contribution is 1.98. The summed E-state index contributed by atoms with van der Waals surface area (Å²) >= 11 is 0. The SMILES string of the molecule is C=CCNCCCCCNC(=O)CCCCC. The van der Waals surface area contributed by atoms with Gasteiger partial charge in [-0.05, 0) is 25.8 Å². The first-order valence-corrected chi connectivity index (χ1v) is 6.89. The van der Waals surface area contributed by atoms with Crippen molar-refractivity contribution in [1.82, 2.24) is 10.6 Å². The summed E-state index contributed by atoms with van der Waals surface area (Å²) in [7, 11) is 0. The molecule has 0 saturated carbocycles. The zero-order valence-corrected chi connectivity index (χ0v) is 11.3. The molecule has 0 aliphatic rings. The van der Waals surface area contributed by atoms with Gasteiger partial charge in [0.05, 0.1) is 0 Å². The predicted molar refractivity (Wildman–Crippen MR) is 74.1 cm³/mol. The molecule has 0 fully saturated rings. The standard InChI is InChI=1S/C14H28N2O/c1-3-5-7-10-14(17)16-13-9-6-8-12-15-11-4-2/h4,15H,2-3,5-13H2,1H3,(H,16,17). The third-order valence-corrected chi connectivity index (χ3v) is 2.65. The maximum atomic E-state index is 11.4. The third kappa shape index (κ3) is 13.1. The van der Waals surface area contributed by atoms with Crippen molar-refractivity contribution < 1.29 is 4.79 Å². The van der Waals surface area contributed by atoms with E-state index in [1.165, 1.54) is 19.3 Å². The van der Waals surface area contributed by atoms with Crippen LogP contribution in [0.3, 0.4) is 0 Å². The molecule has 0 aliphatic carbocycles. The van der Waals surface area contributed by atoms with E-state index < -0.39 is 0 Å². The minimum Gasteiger partial charge on any atom is -0.356 e. The van der Waals surface area contributed by atoms with E-state index in [0.29, 0.717) is 6.42 Å². The topological polar surface area (TPSA) is 41.1 Å². The number of nitrogens with one attached hydrogen (secondary N) is 2. The summed E-state index contributed by atoms with van der Waals surface area (Å²) < 4.78 is 0. The lowest BCUT2D eigenvalue weighted by atomic mass is 10.2. The van der Waals surface area contributed by atoms with Crippen LogP contribution in [0.25, 0.3) is 0 Å². The molecule has 2 N–H and O–H groups in total. The molecule has 0 saturated heterocycles. The van der Waals surface area contributed by atoms with Crippen LogP contribution in [0.4, 0.5) is 0 Å². The van der Waals surface area contributed by atoms with E-state index in [1.54, 1.807) is 0 Å². The summed E-state index contributed by atoms with van der Waals surface area (Å²) in [5.74, 6) is 0.211. The molecule has 100 valence electrons. The Kier molecular flexibility index (Phi) is 12.6. The minimum atomic E-state index is 0.211. The maximum absolute atomic E-state index is 11.4. The van der Waals surface area contributed by atoms with Gasteiger partial charge < -0.3 is 10.6 Å². The monoisotopic (exact) mass is 240 g/mol. The molecular weight excluding hydrogens is 212 g/mol. The third-order valence-electron chi connectivity index (χ3n) is 2.65. The van der Waals surface area contributed by atoms with Gasteiger partial charge in [0, 0.05) is 19.5 Å². The zero-order chi connectivity index (χ0) is 12.8. The lowest BCUT2D eigenvalue weighted by Gasteiger charge is -2.05. The molecule has 3 nitrogen and oxygen atoms in total. The van der Waals surface area contributed by atoms with Crippen LogP contribution >= 0.6 is 0 Å². The Balaban J connectivity index is 3.11. The van der Waals surface area contributed by atoms with E-state index in [4.69, 9.17) is 0 Å². The second-order valence-electron chi connectivity index (χ2n) is 4.36. The van der Waals surface area contributed by atoms with E-state index >= 15 is 0 Å². The summed E-state index contributed by atoms with van der Waals surface area (Å²) in [4.78, 5) is 11.4. The average molecular weight is 240 g/mol. The van der Waals surface area contributed by atoms with Crippen LogP contribution in [0.5, 0.6) is 0 Å². The molecule has 1 amide bonds. The number of amides is 1. The van der Waals surface area contributed by atoms with Crippen molar-refractivity contribution in [3.63, 3.8) is 0 Å². The Morgan fingerprint density at radius 1 is 1.12 bits per heavy atom. The molecule has 0 aromatic rings. The van der Waals surface area contributed by atoms with E-state index in [0.717, 1.165) is 38.9 Å². The van der Waals surface area contributed by atoms with E-state index in [-0.39, 0.29) is 5.91 Å². The Hall–Kier alpha value is -0.830. The highest BCUT2D eigenvalue weighted by atomic mass is 16.1. The molecule has 0 aromatic heterocycles. The molecule has 0 radical (unpaired) electrons. The first-order valence-electron chi connectivity index (χ1n) is 6.89. The molecule has 0 aromatic carbocycles. The second-order valence-corrected chi connectivity index (χ2v) is 4.36. The molecule has 0 aliphatic heterocycles. The normalized spacial score (nSPS) is 10.2. The fraction of sp³-hybridized carbons (Fsp3) is 0.786. The number of hydrogen-bond donors (Lipinski definition) is 2. The Bertz CT molecular complexity index is 193. The second kappa shape index (κ2) is 13.2. The summed E-state index contributed by atoms with van der Waals surface area (Å²) in [6.45, 7) is 8.55. The van der Waals surface area contributed by atoms with Crippen molar-refractivity contribution in [3.8, 4) is 0 Å². The van der Waals surface area contributed by atoms with E-state index in [9.17, 15) is 4.79 Å². The van der Waals surface area contributed by atoms with Crippen LogP contribution in [0, 0.1) is 0 Å². The fourth-order valence-corrected chi connectivity index (χ4v) is 1.61. The van der Waals surface area contributed by atoms with Crippen molar-refractivity contribution in [2.45, 2.75) is 51.9 Å². The molecule has 0 unspecified atom stereocenters. The Labute approximate surface area is 106 Å². The van der Waals surface area contributed by atoms with Crippen LogP contribution in [-0.2, 0) is 4.79 Å². The van der Waals surface area contributed by atoms with Gasteiger partial charge in [0.1, 0.15) is 0 Å². The molecular formula is C14H28N2O. The molecule has 17 heavy (non-hydrogen) atoms. The number of hydrogen-bond acceptors (Lipinski definition) is 2. The van der Waals surface area contributed by atoms with Gasteiger partial charge in [-0.3, -0.25) is 4.79 Å². The van der Waals surface area contributed by atoms with Gasteiger partial charge in [-0.25, -0.2) is 0 Å². The highest BCUT2D eigenvalue weighted by molar-refractivity contribution is 5.75. The number of unbranched alkanes of at least 4 members (excludes halogenated alkanes) is 4. The first-order chi connectivity index (χ1) is 8.31. The first kappa shape index (κ1) is 16.2. The van der Waals surface area contributed by atoms with Crippen LogP contribution in [0.2, 0.25) is 0 Å². The quantitative estimate of drug-likeness (QED) is 0.407. The zero-order valence-electron chi connectivity index (χ0n) is 11.3. The van der Waals surface area contributed by atoms with Gasteiger partial charge >= 0.3 is 0 Å². The molecule has 0 bridgehead atoms. The molecule has 0 heterocycles. The minimum absolute atomic E-state index is 0.211. The molecule has 3 heteroatoms. The van der Waals surface area contributed by atoms with Gasteiger partial charge in [0.25, 0.3) is 0 Å². The fourth-order valence-electron chi connectivity index (χ4n) is 1.61. The number of carbonyl (C=O) groups is 1. The Morgan fingerprint density at radius 3 is 2.59 bits per heavy atom. The highest BCUT2D eigenvalue weighted by Gasteiger charge is 1.99. The molecule has 0 rings (SSSR count). The summed E-state index contributed by atoms with van der Waals surface area (Å²) in [6.07, 6.45) is 9.32. The predicted octanol–water partition coefficient (Wildman–Crippen LogP) is 2.63. The van der Waals surface area contributed by atoms with Crippen LogP contribution in [0.1, 0.15) is 51.9 Å². The van der Waals surface area contributed by atoms with Gasteiger partial charge in [-0.2, -0.15) is 0 Å². The van der Waals surface area contributed by atoms with Gasteiger partial charge in [-0.1, -0.05) is 32.3 Å². The van der Waals surface area contributed by atoms with Crippen molar-refractivity contribution in [1.29, 1.82) is 0 Å². The average Bonchev–Trinajstić information content (AvgIpc) is 2.33. The van der Waals surface area contributed by atoms with Crippen LogP contribution in [0.15, 0.2) is 12.7 Å². The summed E-state index contributed by atoms with van der Waals surface area (Å²) in [5, 5.41) is 6.23.